The summed E-state index contributed by atoms with van der Waals surface area (Å²) in [5.41, 5.74) is 4.27. The number of hydrazine groups is 1. The molecule has 0 N–H and O–H groups in total. The Morgan fingerprint density at radius 1 is 0.891 bits per heavy atom. The molecule has 1 fully saturated rings. The lowest BCUT2D eigenvalue weighted by Crippen LogP contribution is -2.38. The van der Waals surface area contributed by atoms with Gasteiger partial charge >= 0.3 is 0 Å². The number of rotatable bonds is 10. The first-order chi connectivity index (χ1) is 22.5. The van der Waals surface area contributed by atoms with Crippen LogP contribution in [0, 0.1) is 13.8 Å². The van der Waals surface area contributed by atoms with Crippen molar-refractivity contribution >= 4 is 66.1 Å². The van der Waals surface area contributed by atoms with Crippen molar-refractivity contribution in [3.8, 4) is 5.75 Å². The van der Waals surface area contributed by atoms with Crippen LogP contribution in [0.25, 0.3) is 20.4 Å². The van der Waals surface area contributed by atoms with Crippen molar-refractivity contribution in [2.45, 2.75) is 65.9 Å². The Morgan fingerprint density at radius 3 is 2.37 bits per heavy atom. The molecule has 5 heterocycles. The molecule has 2 unspecified atom stereocenters. The highest BCUT2D eigenvalue weighted by Gasteiger charge is 2.33. The second-order valence-electron chi connectivity index (χ2n) is 11.7. The first-order valence-corrected chi connectivity index (χ1v) is 17.6. The molecule has 0 amide bonds. The van der Waals surface area contributed by atoms with E-state index < -0.39 is 0 Å². The molecule has 1 saturated heterocycles. The average Bonchev–Trinajstić information content (AvgIpc) is 3.83. The van der Waals surface area contributed by atoms with Gasteiger partial charge in [-0.3, -0.25) is 0 Å². The molecule has 46 heavy (non-hydrogen) atoms. The number of nitrogens with zero attached hydrogens (tertiary/aromatic N) is 6. The minimum Gasteiger partial charge on any atom is -0.486 e. The Bertz CT molecular complexity index is 2000. The second kappa shape index (κ2) is 12.9. The number of benzene rings is 2. The van der Waals surface area contributed by atoms with E-state index in [0.717, 1.165) is 68.5 Å². The van der Waals surface area contributed by atoms with Gasteiger partial charge in [0.2, 0.25) is 0 Å². The summed E-state index contributed by atoms with van der Waals surface area (Å²) in [6, 6.07) is 19.1. The number of aromatic nitrogens is 4. The van der Waals surface area contributed by atoms with Gasteiger partial charge in [0.15, 0.2) is 11.6 Å². The Hall–Kier alpha value is -4.12. The Labute approximate surface area is 277 Å². The van der Waals surface area contributed by atoms with E-state index in [1.54, 1.807) is 35.3 Å². The van der Waals surface area contributed by atoms with E-state index in [4.69, 9.17) is 29.4 Å². The summed E-state index contributed by atoms with van der Waals surface area (Å²) in [4.78, 5) is 23.9. The highest BCUT2D eigenvalue weighted by atomic mass is 32.1. The molecule has 4 aromatic heterocycles. The van der Waals surface area contributed by atoms with Gasteiger partial charge in [0, 0.05) is 16.2 Å². The average molecular weight is 651 g/mol. The van der Waals surface area contributed by atoms with Crippen molar-refractivity contribution in [1.29, 1.82) is 0 Å². The third-order valence-electron chi connectivity index (χ3n) is 8.84. The predicted octanol–water partition coefficient (Wildman–Crippen LogP) is 9.45. The van der Waals surface area contributed by atoms with E-state index in [1.807, 2.05) is 12.1 Å². The van der Waals surface area contributed by atoms with Crippen molar-refractivity contribution in [3.05, 3.63) is 88.1 Å². The minimum absolute atomic E-state index is 0.0327. The summed E-state index contributed by atoms with van der Waals surface area (Å²) < 4.78 is 12.4. The Kier molecular flexibility index (Phi) is 8.59. The summed E-state index contributed by atoms with van der Waals surface area (Å²) >= 11 is 3.41. The number of fused-ring (bicyclic) bond motifs is 2. The van der Waals surface area contributed by atoms with Crippen molar-refractivity contribution in [3.63, 3.8) is 0 Å². The van der Waals surface area contributed by atoms with Crippen LogP contribution >= 0.6 is 22.7 Å². The van der Waals surface area contributed by atoms with Crippen LogP contribution in [0.15, 0.2) is 67.3 Å². The summed E-state index contributed by atoms with van der Waals surface area (Å²) in [5, 5.41) is 6.44. The standard InChI is InChI=1S/C36H38N6O2S2/c1-6-22(3)27-12-8-9-13-29(27)41(34-32-23(4)24(5)45-36(32)40-21-38-34)42(33-28-18-26(7-2)46-35(28)39-20-37-33)30-14-10-11-15-31(30)44-25-16-17-43-19-25/h8-15,18,20-22,25H,6-7,16-17,19H2,1-5H3. The van der Waals surface area contributed by atoms with E-state index in [1.165, 1.54) is 20.9 Å². The van der Waals surface area contributed by atoms with E-state index in [9.17, 15) is 0 Å². The van der Waals surface area contributed by atoms with E-state index in [0.29, 0.717) is 19.1 Å². The first kappa shape index (κ1) is 30.5. The second-order valence-corrected chi connectivity index (χ2v) is 14.0. The number of para-hydroxylation sites is 3. The summed E-state index contributed by atoms with van der Waals surface area (Å²) in [7, 11) is 0. The maximum absolute atomic E-state index is 6.72. The van der Waals surface area contributed by atoms with Crippen molar-refractivity contribution < 1.29 is 9.47 Å². The fourth-order valence-corrected chi connectivity index (χ4v) is 7.95. The predicted molar refractivity (Wildman–Crippen MR) is 189 cm³/mol. The molecule has 8 nitrogen and oxygen atoms in total. The van der Waals surface area contributed by atoms with Gasteiger partial charge in [-0.1, -0.05) is 51.1 Å². The largest absolute Gasteiger partial charge is 0.486 e. The molecule has 0 bridgehead atoms. The molecule has 0 saturated carbocycles. The minimum atomic E-state index is -0.0327. The molecule has 10 heteroatoms. The lowest BCUT2D eigenvalue weighted by molar-refractivity contribution is 0.141. The number of anilines is 4. The van der Waals surface area contributed by atoms with Crippen LogP contribution in [0.1, 0.15) is 60.4 Å². The molecule has 2 aromatic carbocycles. The van der Waals surface area contributed by atoms with Crippen LogP contribution in [-0.2, 0) is 11.2 Å². The number of hydrogen-bond acceptors (Lipinski definition) is 10. The number of ether oxygens (including phenoxy) is 2. The van der Waals surface area contributed by atoms with Crippen LogP contribution in [0.5, 0.6) is 5.75 Å². The van der Waals surface area contributed by atoms with Gasteiger partial charge in [0.05, 0.1) is 29.7 Å². The highest BCUT2D eigenvalue weighted by Crippen LogP contribution is 2.47. The van der Waals surface area contributed by atoms with Crippen LogP contribution in [0.3, 0.4) is 0 Å². The molecule has 0 spiro atoms. The zero-order valence-corrected chi connectivity index (χ0v) is 28.5. The molecule has 7 rings (SSSR count). The number of thiophene rings is 2. The summed E-state index contributed by atoms with van der Waals surface area (Å²) in [6.07, 6.45) is 6.07. The molecule has 236 valence electrons. The van der Waals surface area contributed by atoms with Gasteiger partial charge in [-0.2, -0.15) is 0 Å². The van der Waals surface area contributed by atoms with Crippen LogP contribution in [-0.4, -0.2) is 39.3 Å². The normalized spacial score (nSPS) is 15.5. The van der Waals surface area contributed by atoms with Crippen molar-refractivity contribution in [2.24, 2.45) is 0 Å². The van der Waals surface area contributed by atoms with E-state index >= 15 is 0 Å². The van der Waals surface area contributed by atoms with Gasteiger partial charge in [-0.15, -0.1) is 22.7 Å². The van der Waals surface area contributed by atoms with Crippen molar-refractivity contribution in [1.82, 2.24) is 19.9 Å². The van der Waals surface area contributed by atoms with Crippen LogP contribution < -0.4 is 14.8 Å². The van der Waals surface area contributed by atoms with Gasteiger partial charge in [0.1, 0.15) is 39.9 Å². The molecule has 0 aliphatic carbocycles. The fourth-order valence-electron chi connectivity index (χ4n) is 6.03. The fraction of sp³-hybridized carbons (Fsp3) is 0.333. The monoisotopic (exact) mass is 650 g/mol. The SMILES string of the molecule is CCc1cc2c(N(c3ccccc3OC3CCOC3)N(c3ccccc3C(C)CC)c3ncnc4sc(C)c(C)c34)ncnc2s1. The van der Waals surface area contributed by atoms with Gasteiger partial charge < -0.3 is 9.47 Å². The molecule has 1 aliphatic heterocycles. The highest BCUT2D eigenvalue weighted by molar-refractivity contribution is 7.19. The maximum Gasteiger partial charge on any atom is 0.164 e. The zero-order valence-electron chi connectivity index (χ0n) is 26.9. The smallest absolute Gasteiger partial charge is 0.164 e. The van der Waals surface area contributed by atoms with Gasteiger partial charge in [-0.25, -0.2) is 30.0 Å². The van der Waals surface area contributed by atoms with E-state index in [2.05, 4.69) is 87.1 Å². The quantitative estimate of drug-likeness (QED) is 0.136. The van der Waals surface area contributed by atoms with Crippen LogP contribution in [0.2, 0.25) is 0 Å². The first-order valence-electron chi connectivity index (χ1n) is 15.9. The Balaban J connectivity index is 1.58. The lowest BCUT2D eigenvalue weighted by atomic mass is 9.96. The van der Waals surface area contributed by atoms with E-state index in [-0.39, 0.29) is 6.10 Å². The number of aryl methyl sites for hydroxylation is 3. The lowest BCUT2D eigenvalue weighted by Gasteiger charge is -2.39. The Morgan fingerprint density at radius 2 is 1.61 bits per heavy atom. The summed E-state index contributed by atoms with van der Waals surface area (Å²) in [6.45, 7) is 12.3. The molecular formula is C36H38N6O2S2. The van der Waals surface area contributed by atoms with Gasteiger partial charge in [-0.05, 0) is 68.0 Å². The maximum atomic E-state index is 6.72. The van der Waals surface area contributed by atoms with Crippen molar-refractivity contribution in [2.75, 3.05) is 23.2 Å². The van der Waals surface area contributed by atoms with Crippen LogP contribution in [0.4, 0.5) is 23.0 Å². The topological polar surface area (TPSA) is 76.5 Å². The molecule has 6 aromatic rings. The third-order valence-corrected chi connectivity index (χ3v) is 11.1. The molecule has 1 aliphatic rings. The molecule has 2 atom stereocenters. The third kappa shape index (κ3) is 5.48. The molecule has 0 radical (unpaired) electrons. The summed E-state index contributed by atoms with van der Waals surface area (Å²) in [5.74, 6) is 2.60. The zero-order chi connectivity index (χ0) is 31.8. The molecular weight excluding hydrogens is 613 g/mol. The number of hydrogen-bond donors (Lipinski definition) is 0. The van der Waals surface area contributed by atoms with Gasteiger partial charge in [0.25, 0.3) is 0 Å².